The van der Waals surface area contributed by atoms with Crippen LogP contribution in [0.3, 0.4) is 0 Å². The number of rotatable bonds is 5. The summed E-state index contributed by atoms with van der Waals surface area (Å²) in [5, 5.41) is 8.57. The third kappa shape index (κ3) is 3.81. The van der Waals surface area contributed by atoms with E-state index < -0.39 is 11.8 Å². The number of carbonyl (C=O) groups is 1. The molecular formula is C11H11ClFNO4. The lowest BCUT2D eigenvalue weighted by Crippen LogP contribution is -2.06. The van der Waals surface area contributed by atoms with Gasteiger partial charge in [-0.1, -0.05) is 11.6 Å². The second-order valence-corrected chi connectivity index (χ2v) is 3.65. The maximum absolute atomic E-state index is 13.0. The first kappa shape index (κ1) is 14.1. The van der Waals surface area contributed by atoms with Gasteiger partial charge < -0.3 is 20.3 Å². The minimum absolute atomic E-state index is 0.0347. The molecule has 0 fully saturated rings. The Hall–Kier alpha value is -1.95. The summed E-state index contributed by atoms with van der Waals surface area (Å²) in [6.07, 6.45) is 0.848. The molecule has 1 rings (SSSR count). The van der Waals surface area contributed by atoms with Gasteiger partial charge in [-0.25, -0.2) is 9.18 Å². The minimum atomic E-state index is -1.17. The van der Waals surface area contributed by atoms with Crippen molar-refractivity contribution in [3.63, 3.8) is 0 Å². The number of ether oxygens (including phenoxy) is 2. The number of hydrogen-bond donors (Lipinski definition) is 2. The van der Waals surface area contributed by atoms with E-state index in [0.29, 0.717) is 0 Å². The number of benzene rings is 1. The molecule has 0 unspecified atom stereocenters. The van der Waals surface area contributed by atoms with Crippen LogP contribution in [0.2, 0.25) is 5.02 Å². The van der Waals surface area contributed by atoms with Gasteiger partial charge in [-0.3, -0.25) is 0 Å². The molecule has 0 aliphatic heterocycles. The lowest BCUT2D eigenvalue weighted by molar-refractivity contribution is -0.131. The number of methoxy groups -OCH3 is 1. The molecule has 18 heavy (non-hydrogen) atoms. The maximum atomic E-state index is 13.0. The number of carboxylic acid groups (broad SMARTS) is 1. The van der Waals surface area contributed by atoms with Gasteiger partial charge in [0.15, 0.2) is 0 Å². The van der Waals surface area contributed by atoms with Crippen LogP contribution in [-0.2, 0) is 9.53 Å². The van der Waals surface area contributed by atoms with Gasteiger partial charge in [-0.2, -0.15) is 0 Å². The van der Waals surface area contributed by atoms with Crippen LogP contribution in [-0.4, -0.2) is 24.8 Å². The number of nitrogen functional groups attached to an aromatic ring is 1. The Balaban J connectivity index is 2.80. The Morgan fingerprint density at radius 3 is 2.83 bits per heavy atom. The summed E-state index contributed by atoms with van der Waals surface area (Å²) in [6.45, 7) is -0.159. The Morgan fingerprint density at radius 2 is 2.28 bits per heavy atom. The summed E-state index contributed by atoms with van der Waals surface area (Å²) in [5.74, 6) is -1.59. The molecule has 5 nitrogen and oxygen atoms in total. The second-order valence-electron chi connectivity index (χ2n) is 3.25. The third-order valence-corrected chi connectivity index (χ3v) is 2.26. The van der Waals surface area contributed by atoms with Gasteiger partial charge in [-0.05, 0) is 6.07 Å². The van der Waals surface area contributed by atoms with Crippen LogP contribution in [0.25, 0.3) is 0 Å². The van der Waals surface area contributed by atoms with Gasteiger partial charge >= 0.3 is 5.97 Å². The van der Waals surface area contributed by atoms with Crippen molar-refractivity contribution >= 4 is 23.3 Å². The standard InChI is InChI=1S/C11H11ClFNO4/c1-17-6(2-11(15)16)5-18-10-4-9(14)8(13)3-7(10)12/h2-4H,5,14H2,1H3,(H,15,16)/b6-2-. The smallest absolute Gasteiger partial charge is 0.331 e. The summed E-state index contributed by atoms with van der Waals surface area (Å²) < 4.78 is 23.0. The number of halogens is 2. The van der Waals surface area contributed by atoms with E-state index in [0.717, 1.165) is 12.1 Å². The third-order valence-electron chi connectivity index (χ3n) is 1.97. The predicted molar refractivity (Wildman–Crippen MR) is 64.0 cm³/mol. The number of anilines is 1. The van der Waals surface area contributed by atoms with Crippen LogP contribution < -0.4 is 10.5 Å². The molecule has 0 aliphatic carbocycles. The Labute approximate surface area is 108 Å². The van der Waals surface area contributed by atoms with E-state index in [9.17, 15) is 9.18 Å². The monoisotopic (exact) mass is 275 g/mol. The molecule has 0 spiro atoms. The molecule has 0 saturated carbocycles. The molecule has 0 amide bonds. The van der Waals surface area contributed by atoms with E-state index in [-0.39, 0.29) is 28.8 Å². The molecular weight excluding hydrogens is 265 g/mol. The first-order valence-corrected chi connectivity index (χ1v) is 5.16. The first-order valence-electron chi connectivity index (χ1n) is 4.79. The molecule has 0 heterocycles. The van der Waals surface area contributed by atoms with Crippen molar-refractivity contribution < 1.29 is 23.8 Å². The average molecular weight is 276 g/mol. The lowest BCUT2D eigenvalue weighted by atomic mass is 10.3. The van der Waals surface area contributed by atoms with Crippen LogP contribution in [0, 0.1) is 5.82 Å². The molecule has 0 bridgehead atoms. The quantitative estimate of drug-likeness (QED) is 0.488. The van der Waals surface area contributed by atoms with Crippen molar-refractivity contribution in [3.05, 3.63) is 34.8 Å². The van der Waals surface area contributed by atoms with E-state index in [1.165, 1.54) is 13.2 Å². The van der Waals surface area contributed by atoms with Gasteiger partial charge in [0.2, 0.25) is 0 Å². The molecule has 3 N–H and O–H groups in total. The molecule has 98 valence electrons. The van der Waals surface area contributed by atoms with Gasteiger partial charge in [-0.15, -0.1) is 0 Å². The van der Waals surface area contributed by atoms with E-state index in [1.54, 1.807) is 0 Å². The normalized spacial score (nSPS) is 11.2. The highest BCUT2D eigenvalue weighted by Gasteiger charge is 2.09. The number of hydrogen-bond acceptors (Lipinski definition) is 4. The Morgan fingerprint density at radius 1 is 1.61 bits per heavy atom. The van der Waals surface area contributed by atoms with Crippen molar-refractivity contribution in [2.75, 3.05) is 19.5 Å². The van der Waals surface area contributed by atoms with Crippen LogP contribution >= 0.6 is 11.6 Å². The first-order chi connectivity index (χ1) is 8.43. The summed E-state index contributed by atoms with van der Waals surface area (Å²) >= 11 is 5.74. The van der Waals surface area contributed by atoms with E-state index in [4.69, 9.17) is 31.9 Å². The second kappa shape index (κ2) is 6.11. The summed E-state index contributed by atoms with van der Waals surface area (Å²) in [7, 11) is 1.30. The zero-order chi connectivity index (χ0) is 13.7. The molecule has 0 aliphatic rings. The highest BCUT2D eigenvalue weighted by atomic mass is 35.5. The lowest BCUT2D eigenvalue weighted by Gasteiger charge is -2.10. The van der Waals surface area contributed by atoms with Crippen molar-refractivity contribution in [1.82, 2.24) is 0 Å². The summed E-state index contributed by atoms with van der Waals surface area (Å²) in [4.78, 5) is 10.4. The van der Waals surface area contributed by atoms with E-state index >= 15 is 0 Å². The molecule has 7 heteroatoms. The van der Waals surface area contributed by atoms with Crippen molar-refractivity contribution in [3.8, 4) is 5.75 Å². The van der Waals surface area contributed by atoms with Crippen LogP contribution in [0.1, 0.15) is 0 Å². The fourth-order valence-corrected chi connectivity index (χ4v) is 1.31. The molecule has 1 aromatic carbocycles. The number of nitrogens with two attached hydrogens (primary N) is 1. The van der Waals surface area contributed by atoms with Crippen molar-refractivity contribution in [1.29, 1.82) is 0 Å². The van der Waals surface area contributed by atoms with Gasteiger partial charge in [0.25, 0.3) is 0 Å². The number of aliphatic carboxylic acids is 1. The largest absolute Gasteiger partial charge is 0.497 e. The minimum Gasteiger partial charge on any atom is -0.497 e. The van der Waals surface area contributed by atoms with Gasteiger partial charge in [0.1, 0.15) is 23.9 Å². The fraction of sp³-hybridized carbons (Fsp3) is 0.182. The Bertz CT molecular complexity index is 490. The zero-order valence-electron chi connectivity index (χ0n) is 9.44. The molecule has 1 aromatic rings. The SMILES string of the molecule is CO/C(=C\C(=O)O)COc1cc(N)c(F)cc1Cl. The van der Waals surface area contributed by atoms with Crippen molar-refractivity contribution in [2.45, 2.75) is 0 Å². The molecule has 0 saturated heterocycles. The van der Waals surface area contributed by atoms with Crippen LogP contribution in [0.15, 0.2) is 24.0 Å². The predicted octanol–water partition coefficient (Wildman–Crippen LogP) is 2.05. The summed E-state index contributed by atoms with van der Waals surface area (Å²) in [5.41, 5.74) is 5.24. The van der Waals surface area contributed by atoms with Gasteiger partial charge in [0.05, 0.1) is 23.9 Å². The highest BCUT2D eigenvalue weighted by Crippen LogP contribution is 2.29. The molecule has 0 aromatic heterocycles. The van der Waals surface area contributed by atoms with E-state index in [2.05, 4.69) is 0 Å². The van der Waals surface area contributed by atoms with E-state index in [1.807, 2.05) is 0 Å². The highest BCUT2D eigenvalue weighted by molar-refractivity contribution is 6.32. The van der Waals surface area contributed by atoms with Crippen LogP contribution in [0.4, 0.5) is 10.1 Å². The van der Waals surface area contributed by atoms with Crippen molar-refractivity contribution in [2.24, 2.45) is 0 Å². The van der Waals surface area contributed by atoms with Gasteiger partial charge in [0, 0.05) is 6.07 Å². The molecule has 0 radical (unpaired) electrons. The number of carboxylic acids is 1. The topological polar surface area (TPSA) is 81.8 Å². The van der Waals surface area contributed by atoms with Crippen LogP contribution in [0.5, 0.6) is 5.75 Å². The average Bonchev–Trinajstić information content (AvgIpc) is 2.29. The molecule has 0 atom stereocenters. The maximum Gasteiger partial charge on any atom is 0.331 e. The zero-order valence-corrected chi connectivity index (χ0v) is 10.2. The summed E-state index contributed by atoms with van der Waals surface area (Å²) in [6, 6.07) is 2.23. The Kier molecular flexibility index (Phi) is 4.79. The fourth-order valence-electron chi connectivity index (χ4n) is 1.10.